The molecule has 1 atom stereocenters. The van der Waals surface area contributed by atoms with Crippen LogP contribution >= 0.6 is 0 Å². The molecule has 2 aliphatic heterocycles. The van der Waals surface area contributed by atoms with E-state index < -0.39 is 0 Å². The standard InChI is InChI=1S/C19H21NO2/c1-2-7-16-12-20(11-5-8-15(16)6-1)13-17-14-21-18-9-3-4-10-19(18)22-17/h1-4,6-7,9-10,17H,5,8,11-14H2. The van der Waals surface area contributed by atoms with Crippen LogP contribution in [0.2, 0.25) is 0 Å². The summed E-state index contributed by atoms with van der Waals surface area (Å²) in [6.07, 6.45) is 2.50. The fraction of sp³-hybridized carbons (Fsp3) is 0.368. The second-order valence-corrected chi connectivity index (χ2v) is 6.10. The molecule has 2 aliphatic rings. The van der Waals surface area contributed by atoms with Gasteiger partial charge < -0.3 is 9.47 Å². The molecule has 3 nitrogen and oxygen atoms in total. The summed E-state index contributed by atoms with van der Waals surface area (Å²) in [5.41, 5.74) is 2.95. The number of aryl methyl sites for hydroxylation is 1. The highest BCUT2D eigenvalue weighted by Gasteiger charge is 2.24. The molecule has 114 valence electrons. The van der Waals surface area contributed by atoms with Crippen LogP contribution in [-0.4, -0.2) is 30.7 Å². The van der Waals surface area contributed by atoms with Crippen molar-refractivity contribution in [2.24, 2.45) is 0 Å². The summed E-state index contributed by atoms with van der Waals surface area (Å²) in [5.74, 6) is 1.73. The second kappa shape index (κ2) is 6.01. The summed E-state index contributed by atoms with van der Waals surface area (Å²) in [6.45, 7) is 3.69. The monoisotopic (exact) mass is 295 g/mol. The first-order valence-corrected chi connectivity index (χ1v) is 8.06. The zero-order valence-corrected chi connectivity index (χ0v) is 12.7. The largest absolute Gasteiger partial charge is 0.486 e. The Kier molecular flexibility index (Phi) is 3.73. The number of ether oxygens (including phenoxy) is 2. The zero-order valence-electron chi connectivity index (χ0n) is 12.7. The van der Waals surface area contributed by atoms with Crippen LogP contribution in [0.4, 0.5) is 0 Å². The highest BCUT2D eigenvalue weighted by Crippen LogP contribution is 2.31. The zero-order chi connectivity index (χ0) is 14.8. The molecule has 3 heteroatoms. The first-order chi connectivity index (χ1) is 10.9. The van der Waals surface area contributed by atoms with Crippen molar-refractivity contribution in [3.8, 4) is 11.5 Å². The van der Waals surface area contributed by atoms with E-state index in [4.69, 9.17) is 9.47 Å². The lowest BCUT2D eigenvalue weighted by molar-refractivity contribution is 0.0569. The molecule has 0 spiro atoms. The number of rotatable bonds is 2. The Hall–Kier alpha value is -2.00. The number of benzene rings is 2. The molecule has 2 heterocycles. The molecule has 0 fully saturated rings. The molecule has 1 unspecified atom stereocenters. The third-order valence-corrected chi connectivity index (χ3v) is 4.46. The molecule has 0 saturated heterocycles. The Morgan fingerprint density at radius 2 is 1.73 bits per heavy atom. The summed E-state index contributed by atoms with van der Waals surface area (Å²) in [7, 11) is 0. The van der Waals surface area contributed by atoms with Gasteiger partial charge in [-0.05, 0) is 42.6 Å². The predicted octanol–water partition coefficient (Wildman–Crippen LogP) is 3.27. The normalized spacial score (nSPS) is 21.0. The van der Waals surface area contributed by atoms with E-state index >= 15 is 0 Å². The van der Waals surface area contributed by atoms with E-state index in [2.05, 4.69) is 29.2 Å². The number of nitrogens with zero attached hydrogens (tertiary/aromatic N) is 1. The molecular formula is C19H21NO2. The highest BCUT2D eigenvalue weighted by atomic mass is 16.6. The number of hydrogen-bond acceptors (Lipinski definition) is 3. The van der Waals surface area contributed by atoms with Gasteiger partial charge in [0, 0.05) is 13.1 Å². The van der Waals surface area contributed by atoms with E-state index in [0.717, 1.165) is 31.1 Å². The van der Waals surface area contributed by atoms with E-state index in [0.29, 0.717) is 6.61 Å². The lowest BCUT2D eigenvalue weighted by Gasteiger charge is -2.30. The maximum atomic E-state index is 6.10. The van der Waals surface area contributed by atoms with Crippen molar-refractivity contribution in [1.82, 2.24) is 4.90 Å². The minimum absolute atomic E-state index is 0.111. The van der Waals surface area contributed by atoms with Crippen molar-refractivity contribution in [3.05, 3.63) is 59.7 Å². The predicted molar refractivity (Wildman–Crippen MR) is 86.4 cm³/mol. The van der Waals surface area contributed by atoms with Crippen molar-refractivity contribution in [1.29, 1.82) is 0 Å². The summed E-state index contributed by atoms with van der Waals surface area (Å²) >= 11 is 0. The molecule has 2 aromatic carbocycles. The van der Waals surface area contributed by atoms with Crippen molar-refractivity contribution >= 4 is 0 Å². The average Bonchev–Trinajstić information content (AvgIpc) is 2.76. The minimum Gasteiger partial charge on any atom is -0.486 e. The Bertz CT molecular complexity index is 655. The van der Waals surface area contributed by atoms with Crippen molar-refractivity contribution in [2.45, 2.75) is 25.5 Å². The third kappa shape index (κ3) is 2.81. The van der Waals surface area contributed by atoms with Crippen LogP contribution in [0.25, 0.3) is 0 Å². The molecule has 0 bridgehead atoms. The Labute approximate surface area is 131 Å². The summed E-state index contributed by atoms with van der Waals surface area (Å²) in [6, 6.07) is 16.7. The highest BCUT2D eigenvalue weighted by molar-refractivity contribution is 5.40. The SMILES string of the molecule is c1ccc2c(c1)CCCN(CC1COc3ccccc3O1)C2. The quantitative estimate of drug-likeness (QED) is 0.848. The van der Waals surface area contributed by atoms with Gasteiger partial charge in [0.15, 0.2) is 11.5 Å². The molecule has 4 rings (SSSR count). The Morgan fingerprint density at radius 1 is 0.955 bits per heavy atom. The Morgan fingerprint density at radius 3 is 2.64 bits per heavy atom. The van der Waals surface area contributed by atoms with Crippen molar-refractivity contribution < 1.29 is 9.47 Å². The van der Waals surface area contributed by atoms with E-state index in [9.17, 15) is 0 Å². The molecule has 0 radical (unpaired) electrons. The summed E-state index contributed by atoms with van der Waals surface area (Å²) in [4.78, 5) is 2.49. The van der Waals surface area contributed by atoms with Gasteiger partial charge in [-0.1, -0.05) is 36.4 Å². The first-order valence-electron chi connectivity index (χ1n) is 8.06. The molecule has 0 amide bonds. The molecule has 2 aromatic rings. The van der Waals surface area contributed by atoms with Gasteiger partial charge in [-0.2, -0.15) is 0 Å². The van der Waals surface area contributed by atoms with Crippen LogP contribution in [0.5, 0.6) is 11.5 Å². The molecule has 0 aromatic heterocycles. The van der Waals surface area contributed by atoms with Crippen LogP contribution in [0.3, 0.4) is 0 Å². The molecule has 0 saturated carbocycles. The van der Waals surface area contributed by atoms with Gasteiger partial charge in [0.2, 0.25) is 0 Å². The van der Waals surface area contributed by atoms with Crippen LogP contribution in [-0.2, 0) is 13.0 Å². The fourth-order valence-corrected chi connectivity index (χ4v) is 3.37. The van der Waals surface area contributed by atoms with Gasteiger partial charge in [-0.15, -0.1) is 0 Å². The molecule has 0 aliphatic carbocycles. The topological polar surface area (TPSA) is 21.7 Å². The maximum absolute atomic E-state index is 6.10. The van der Waals surface area contributed by atoms with Crippen LogP contribution in [0.1, 0.15) is 17.5 Å². The Balaban J connectivity index is 1.44. The summed E-state index contributed by atoms with van der Waals surface area (Å²) in [5, 5.41) is 0. The minimum atomic E-state index is 0.111. The number of para-hydroxylation sites is 2. The number of fused-ring (bicyclic) bond motifs is 2. The maximum Gasteiger partial charge on any atom is 0.161 e. The van der Waals surface area contributed by atoms with E-state index in [1.165, 1.54) is 24.0 Å². The van der Waals surface area contributed by atoms with Crippen molar-refractivity contribution in [3.63, 3.8) is 0 Å². The number of hydrogen-bond donors (Lipinski definition) is 0. The van der Waals surface area contributed by atoms with Crippen molar-refractivity contribution in [2.75, 3.05) is 19.7 Å². The van der Waals surface area contributed by atoms with Gasteiger partial charge in [-0.3, -0.25) is 4.90 Å². The van der Waals surface area contributed by atoms with E-state index in [1.807, 2.05) is 24.3 Å². The third-order valence-electron chi connectivity index (χ3n) is 4.46. The smallest absolute Gasteiger partial charge is 0.161 e. The van der Waals surface area contributed by atoms with E-state index in [1.54, 1.807) is 0 Å². The van der Waals surface area contributed by atoms with Gasteiger partial charge in [-0.25, -0.2) is 0 Å². The lowest BCUT2D eigenvalue weighted by atomic mass is 10.0. The van der Waals surface area contributed by atoms with E-state index in [-0.39, 0.29) is 6.10 Å². The molecule has 22 heavy (non-hydrogen) atoms. The van der Waals surface area contributed by atoms with Gasteiger partial charge >= 0.3 is 0 Å². The van der Waals surface area contributed by atoms with Crippen LogP contribution < -0.4 is 9.47 Å². The lowest BCUT2D eigenvalue weighted by Crippen LogP contribution is -2.40. The van der Waals surface area contributed by atoms with Crippen LogP contribution in [0, 0.1) is 0 Å². The average molecular weight is 295 g/mol. The first kappa shape index (κ1) is 13.6. The molecular weight excluding hydrogens is 274 g/mol. The van der Waals surface area contributed by atoms with Gasteiger partial charge in [0.25, 0.3) is 0 Å². The summed E-state index contributed by atoms with van der Waals surface area (Å²) < 4.78 is 11.9. The molecule has 0 N–H and O–H groups in total. The van der Waals surface area contributed by atoms with Crippen LogP contribution in [0.15, 0.2) is 48.5 Å². The fourth-order valence-electron chi connectivity index (χ4n) is 3.37. The van der Waals surface area contributed by atoms with Gasteiger partial charge in [0.1, 0.15) is 12.7 Å². The second-order valence-electron chi connectivity index (χ2n) is 6.10. The van der Waals surface area contributed by atoms with Gasteiger partial charge in [0.05, 0.1) is 0 Å².